The second kappa shape index (κ2) is 7.20. The zero-order chi connectivity index (χ0) is 19.7. The number of halogens is 3. The molecule has 0 saturated carbocycles. The fraction of sp³-hybridized carbons (Fsp3) is 0.118. The molecule has 1 N–H and O–H groups in total. The van der Waals surface area contributed by atoms with Gasteiger partial charge in [0.05, 0.1) is 17.7 Å². The quantitative estimate of drug-likeness (QED) is 0.461. The average molecular weight is 397 g/mol. The van der Waals surface area contributed by atoms with Crippen LogP contribution in [0, 0.1) is 10.1 Å². The highest BCUT2D eigenvalue weighted by atomic mass is 35.5. The Morgan fingerprint density at radius 1 is 1.26 bits per heavy atom. The van der Waals surface area contributed by atoms with Gasteiger partial charge in [0, 0.05) is 17.2 Å². The van der Waals surface area contributed by atoms with E-state index in [1.54, 1.807) is 0 Å². The number of rotatable bonds is 5. The number of methoxy groups -OCH3 is 1. The summed E-state index contributed by atoms with van der Waals surface area (Å²) in [5.41, 5.74) is 0.920. The molecular weight excluding hydrogens is 386 g/mol. The molecule has 1 aliphatic rings. The molecule has 3 rings (SSSR count). The lowest BCUT2D eigenvalue weighted by Crippen LogP contribution is -2.04. The highest BCUT2D eigenvalue weighted by molar-refractivity contribution is 6.37. The van der Waals surface area contributed by atoms with E-state index in [0.717, 1.165) is 0 Å². The normalized spacial score (nSPS) is 14.3. The Labute approximate surface area is 156 Å². The van der Waals surface area contributed by atoms with Gasteiger partial charge in [0.2, 0.25) is 0 Å². The number of nitro benzene ring substituents is 1. The summed E-state index contributed by atoms with van der Waals surface area (Å²) in [6.45, 7) is -3.01. The van der Waals surface area contributed by atoms with Crippen LogP contribution in [0.4, 0.5) is 20.2 Å². The van der Waals surface area contributed by atoms with Crippen LogP contribution in [0.25, 0.3) is 11.6 Å². The van der Waals surface area contributed by atoms with Gasteiger partial charge in [-0.2, -0.15) is 8.78 Å². The Balaban J connectivity index is 2.05. The monoisotopic (exact) mass is 396 g/mol. The van der Waals surface area contributed by atoms with Gasteiger partial charge < -0.3 is 14.8 Å². The van der Waals surface area contributed by atoms with Crippen LogP contribution < -0.4 is 14.8 Å². The first-order valence-corrected chi connectivity index (χ1v) is 7.82. The van der Waals surface area contributed by atoms with E-state index in [9.17, 15) is 23.7 Å². The van der Waals surface area contributed by atoms with Crippen LogP contribution in [0.1, 0.15) is 11.1 Å². The first kappa shape index (κ1) is 18.6. The van der Waals surface area contributed by atoms with Gasteiger partial charge in [0.1, 0.15) is 5.02 Å². The van der Waals surface area contributed by atoms with E-state index < -0.39 is 17.4 Å². The number of nitrogens with zero attached hydrogens (tertiary/aromatic N) is 1. The molecule has 1 amide bonds. The van der Waals surface area contributed by atoms with Gasteiger partial charge in [-0.25, -0.2) is 0 Å². The lowest BCUT2D eigenvalue weighted by Gasteiger charge is -2.10. The van der Waals surface area contributed by atoms with Crippen molar-refractivity contribution in [3.8, 4) is 11.5 Å². The molecule has 0 aromatic heterocycles. The Kier molecular flexibility index (Phi) is 4.95. The summed E-state index contributed by atoms with van der Waals surface area (Å²) in [7, 11) is 1.29. The molecule has 7 nitrogen and oxygen atoms in total. The SMILES string of the molecule is COc1cc(/C=C2/C(=O)Nc3cc(Cl)c([N+](=O)[O-])cc32)ccc1OC(F)F. The molecular formula is C17H11ClF2N2O5. The van der Waals surface area contributed by atoms with Crippen LogP contribution in [-0.4, -0.2) is 24.6 Å². The van der Waals surface area contributed by atoms with Gasteiger partial charge in [-0.15, -0.1) is 0 Å². The topological polar surface area (TPSA) is 90.7 Å². The molecule has 27 heavy (non-hydrogen) atoms. The largest absolute Gasteiger partial charge is 0.493 e. The van der Waals surface area contributed by atoms with Crippen molar-refractivity contribution in [2.75, 3.05) is 12.4 Å². The molecule has 0 saturated heterocycles. The number of hydrogen-bond donors (Lipinski definition) is 1. The number of fused-ring (bicyclic) bond motifs is 1. The van der Waals surface area contributed by atoms with E-state index in [1.807, 2.05) is 0 Å². The van der Waals surface area contributed by atoms with Crippen LogP contribution in [0.2, 0.25) is 5.02 Å². The fourth-order valence-electron chi connectivity index (χ4n) is 2.62. The number of anilines is 1. The van der Waals surface area contributed by atoms with Gasteiger partial charge in [-0.1, -0.05) is 17.7 Å². The van der Waals surface area contributed by atoms with Gasteiger partial charge in [-0.05, 0) is 29.8 Å². The first-order valence-electron chi connectivity index (χ1n) is 7.44. The van der Waals surface area contributed by atoms with Gasteiger partial charge in [0.25, 0.3) is 11.6 Å². The Morgan fingerprint density at radius 3 is 2.63 bits per heavy atom. The third-order valence-corrected chi connectivity index (χ3v) is 4.08. The molecule has 0 fully saturated rings. The zero-order valence-electron chi connectivity index (χ0n) is 13.7. The highest BCUT2D eigenvalue weighted by Crippen LogP contribution is 2.40. The minimum Gasteiger partial charge on any atom is -0.493 e. The number of ether oxygens (including phenoxy) is 2. The number of carbonyl (C=O) groups is 1. The Hall–Kier alpha value is -3.20. The standard InChI is InChI=1S/C17H11ClF2N2O5/c1-26-15-5-8(2-3-14(15)27-17(19)20)4-10-9-6-13(22(24)25)11(18)7-12(9)21-16(10)23/h2-7,17H,1H3,(H,21,23)/b10-4+. The number of hydrogen-bond acceptors (Lipinski definition) is 5. The molecule has 140 valence electrons. The lowest BCUT2D eigenvalue weighted by atomic mass is 10.0. The van der Waals surface area contributed by atoms with Crippen LogP contribution in [0.3, 0.4) is 0 Å². The molecule has 0 bridgehead atoms. The predicted octanol–water partition coefficient (Wildman–Crippen LogP) is 4.35. The van der Waals surface area contributed by atoms with Crippen molar-refractivity contribution in [3.63, 3.8) is 0 Å². The number of nitrogens with one attached hydrogen (secondary N) is 1. The molecule has 10 heteroatoms. The molecule has 0 radical (unpaired) electrons. The summed E-state index contributed by atoms with van der Waals surface area (Å²) in [6.07, 6.45) is 1.45. The van der Waals surface area contributed by atoms with E-state index in [1.165, 1.54) is 43.5 Å². The Morgan fingerprint density at radius 2 is 2.00 bits per heavy atom. The smallest absolute Gasteiger partial charge is 0.387 e. The maximum absolute atomic E-state index is 12.4. The molecule has 0 spiro atoms. The van der Waals surface area contributed by atoms with Crippen LogP contribution in [0.5, 0.6) is 11.5 Å². The van der Waals surface area contributed by atoms with Crippen molar-refractivity contribution in [1.29, 1.82) is 0 Å². The summed E-state index contributed by atoms with van der Waals surface area (Å²) < 4.78 is 34.2. The van der Waals surface area contributed by atoms with Crippen molar-refractivity contribution in [1.82, 2.24) is 0 Å². The molecule has 0 atom stereocenters. The van der Waals surface area contributed by atoms with E-state index in [4.69, 9.17) is 16.3 Å². The minimum absolute atomic E-state index is 0.0466. The van der Waals surface area contributed by atoms with E-state index >= 15 is 0 Å². The molecule has 1 aliphatic heterocycles. The second-order valence-electron chi connectivity index (χ2n) is 5.41. The maximum atomic E-state index is 12.4. The van der Waals surface area contributed by atoms with Crippen molar-refractivity contribution in [2.24, 2.45) is 0 Å². The number of benzene rings is 2. The van der Waals surface area contributed by atoms with E-state index in [0.29, 0.717) is 16.8 Å². The molecule has 0 aliphatic carbocycles. The van der Waals surface area contributed by atoms with Crippen LogP contribution >= 0.6 is 11.6 Å². The van der Waals surface area contributed by atoms with E-state index in [-0.39, 0.29) is 27.8 Å². The van der Waals surface area contributed by atoms with Gasteiger partial charge in [-0.3, -0.25) is 14.9 Å². The first-order chi connectivity index (χ1) is 12.8. The maximum Gasteiger partial charge on any atom is 0.387 e. The summed E-state index contributed by atoms with van der Waals surface area (Å²) in [4.78, 5) is 22.7. The van der Waals surface area contributed by atoms with Gasteiger partial charge in [0.15, 0.2) is 11.5 Å². The summed E-state index contributed by atoms with van der Waals surface area (Å²) >= 11 is 5.85. The lowest BCUT2D eigenvalue weighted by molar-refractivity contribution is -0.384. The number of carbonyl (C=O) groups excluding carboxylic acids is 1. The fourth-order valence-corrected chi connectivity index (χ4v) is 2.85. The third-order valence-electron chi connectivity index (χ3n) is 3.78. The number of nitro groups is 1. The van der Waals surface area contributed by atoms with E-state index in [2.05, 4.69) is 10.1 Å². The zero-order valence-corrected chi connectivity index (χ0v) is 14.4. The van der Waals surface area contributed by atoms with Gasteiger partial charge >= 0.3 is 6.61 Å². The van der Waals surface area contributed by atoms with Crippen molar-refractivity contribution < 1.29 is 28.0 Å². The number of amides is 1. The van der Waals surface area contributed by atoms with Crippen molar-refractivity contribution in [2.45, 2.75) is 6.61 Å². The molecule has 2 aromatic carbocycles. The third kappa shape index (κ3) is 3.68. The van der Waals surface area contributed by atoms with Crippen molar-refractivity contribution >= 4 is 40.5 Å². The Bertz CT molecular complexity index is 978. The summed E-state index contributed by atoms with van der Waals surface area (Å²) in [6, 6.07) is 6.62. The second-order valence-corrected chi connectivity index (χ2v) is 5.81. The summed E-state index contributed by atoms with van der Waals surface area (Å²) in [5.74, 6) is -0.591. The summed E-state index contributed by atoms with van der Waals surface area (Å²) in [5, 5.41) is 13.6. The molecule has 1 heterocycles. The van der Waals surface area contributed by atoms with Crippen LogP contribution in [-0.2, 0) is 4.79 Å². The predicted molar refractivity (Wildman–Crippen MR) is 94.2 cm³/mol. The molecule has 2 aromatic rings. The number of alkyl halides is 2. The minimum atomic E-state index is -3.01. The van der Waals surface area contributed by atoms with Crippen LogP contribution in [0.15, 0.2) is 30.3 Å². The highest BCUT2D eigenvalue weighted by Gasteiger charge is 2.28. The average Bonchev–Trinajstić information content (AvgIpc) is 2.89. The molecule has 0 unspecified atom stereocenters. The van der Waals surface area contributed by atoms with Crippen molar-refractivity contribution in [3.05, 3.63) is 56.6 Å².